The van der Waals surface area contributed by atoms with Crippen molar-refractivity contribution in [3.8, 4) is 0 Å². The van der Waals surface area contributed by atoms with Crippen LogP contribution in [0.2, 0.25) is 0 Å². The summed E-state index contributed by atoms with van der Waals surface area (Å²) in [5, 5.41) is 7.00. The number of aromatic nitrogens is 3. The number of amides is 2. The number of aryl methyl sites for hydroxylation is 1. The number of hydrogen-bond donors (Lipinski definition) is 1. The van der Waals surface area contributed by atoms with Gasteiger partial charge in [0.15, 0.2) is 5.82 Å². The first kappa shape index (κ1) is 17.2. The van der Waals surface area contributed by atoms with E-state index in [1.54, 1.807) is 13.1 Å². The van der Waals surface area contributed by atoms with Crippen molar-refractivity contribution in [2.24, 2.45) is 0 Å². The van der Waals surface area contributed by atoms with E-state index in [1.165, 1.54) is 0 Å². The summed E-state index contributed by atoms with van der Waals surface area (Å²) in [4.78, 5) is 25.0. The zero-order valence-corrected chi connectivity index (χ0v) is 14.9. The van der Waals surface area contributed by atoms with E-state index in [1.807, 2.05) is 36.0 Å². The van der Waals surface area contributed by atoms with Gasteiger partial charge in [-0.3, -0.25) is 0 Å². The molecule has 0 bridgehead atoms. The molecule has 3 rings (SSSR count). The van der Waals surface area contributed by atoms with Gasteiger partial charge in [0.2, 0.25) is 5.89 Å². The summed E-state index contributed by atoms with van der Waals surface area (Å²) in [6, 6.07) is 3.78. The fourth-order valence-corrected chi connectivity index (χ4v) is 3.11. The minimum Gasteiger partial charge on any atom is -0.362 e. The van der Waals surface area contributed by atoms with Crippen LogP contribution in [0.15, 0.2) is 22.9 Å². The Morgan fingerprint density at radius 1 is 1.48 bits per heavy atom. The van der Waals surface area contributed by atoms with Gasteiger partial charge < -0.3 is 19.6 Å². The molecule has 1 atom stereocenters. The third-order valence-electron chi connectivity index (χ3n) is 4.34. The van der Waals surface area contributed by atoms with E-state index in [4.69, 9.17) is 4.52 Å². The van der Waals surface area contributed by atoms with Gasteiger partial charge in [0.25, 0.3) is 0 Å². The Morgan fingerprint density at radius 2 is 2.32 bits per heavy atom. The second-order valence-electron chi connectivity index (χ2n) is 6.50. The SMILES string of the molecule is Cc1nc([C@H]2CCCN(C(=O)NCc3cccnc3N(C)C)C2)no1. The van der Waals surface area contributed by atoms with Gasteiger partial charge in [0.05, 0.1) is 0 Å². The number of carbonyl (C=O) groups is 1. The van der Waals surface area contributed by atoms with E-state index in [0.29, 0.717) is 24.8 Å². The highest BCUT2D eigenvalue weighted by atomic mass is 16.5. The van der Waals surface area contributed by atoms with Crippen LogP contribution in [0.5, 0.6) is 0 Å². The molecule has 3 heterocycles. The number of nitrogens with zero attached hydrogens (tertiary/aromatic N) is 5. The third-order valence-corrected chi connectivity index (χ3v) is 4.34. The molecular weight excluding hydrogens is 320 g/mol. The number of carbonyl (C=O) groups excluding carboxylic acids is 1. The summed E-state index contributed by atoms with van der Waals surface area (Å²) in [5.74, 6) is 2.25. The molecule has 25 heavy (non-hydrogen) atoms. The number of piperidine rings is 1. The first-order chi connectivity index (χ1) is 12.0. The maximum atomic E-state index is 12.6. The van der Waals surface area contributed by atoms with E-state index in [2.05, 4.69) is 20.4 Å². The van der Waals surface area contributed by atoms with Gasteiger partial charge in [0, 0.05) is 58.3 Å². The zero-order valence-electron chi connectivity index (χ0n) is 14.9. The largest absolute Gasteiger partial charge is 0.362 e. The number of urea groups is 1. The Bertz CT molecular complexity index is 729. The number of rotatable bonds is 4. The first-order valence-electron chi connectivity index (χ1n) is 8.49. The van der Waals surface area contributed by atoms with Crippen LogP contribution in [0.4, 0.5) is 10.6 Å². The summed E-state index contributed by atoms with van der Waals surface area (Å²) >= 11 is 0. The van der Waals surface area contributed by atoms with Crippen LogP contribution >= 0.6 is 0 Å². The molecular formula is C17H24N6O2. The van der Waals surface area contributed by atoms with Gasteiger partial charge in [-0.1, -0.05) is 11.2 Å². The van der Waals surface area contributed by atoms with Crippen molar-refractivity contribution in [1.29, 1.82) is 0 Å². The maximum absolute atomic E-state index is 12.6. The van der Waals surface area contributed by atoms with Crippen LogP contribution in [0.25, 0.3) is 0 Å². The van der Waals surface area contributed by atoms with Crippen molar-refractivity contribution in [2.45, 2.75) is 32.2 Å². The van der Waals surface area contributed by atoms with E-state index >= 15 is 0 Å². The van der Waals surface area contributed by atoms with Crippen LogP contribution in [0.3, 0.4) is 0 Å². The third kappa shape index (κ3) is 4.07. The summed E-state index contributed by atoms with van der Waals surface area (Å²) in [6.07, 6.45) is 3.65. The molecule has 1 saturated heterocycles. The molecule has 134 valence electrons. The van der Waals surface area contributed by atoms with Crippen molar-refractivity contribution < 1.29 is 9.32 Å². The summed E-state index contributed by atoms with van der Waals surface area (Å²) in [7, 11) is 3.88. The average Bonchev–Trinajstić information content (AvgIpc) is 3.06. The topological polar surface area (TPSA) is 87.4 Å². The first-order valence-corrected chi connectivity index (χ1v) is 8.49. The van der Waals surface area contributed by atoms with Gasteiger partial charge in [-0.2, -0.15) is 4.98 Å². The lowest BCUT2D eigenvalue weighted by atomic mass is 9.98. The van der Waals surface area contributed by atoms with Crippen molar-refractivity contribution in [3.05, 3.63) is 35.6 Å². The Kier molecular flexibility index (Phi) is 5.16. The molecule has 2 aromatic heterocycles. The minimum absolute atomic E-state index is 0.0709. The van der Waals surface area contributed by atoms with Crippen LogP contribution in [-0.4, -0.2) is 53.2 Å². The van der Waals surface area contributed by atoms with Crippen molar-refractivity contribution in [2.75, 3.05) is 32.1 Å². The van der Waals surface area contributed by atoms with Crippen molar-refractivity contribution >= 4 is 11.8 Å². The average molecular weight is 344 g/mol. The Hall–Kier alpha value is -2.64. The summed E-state index contributed by atoms with van der Waals surface area (Å²) < 4.78 is 5.06. The molecule has 1 fully saturated rings. The molecule has 1 aliphatic rings. The molecule has 1 N–H and O–H groups in total. The lowest BCUT2D eigenvalue weighted by Gasteiger charge is -2.31. The van der Waals surface area contributed by atoms with Crippen LogP contribution in [0, 0.1) is 6.92 Å². The van der Waals surface area contributed by atoms with Crippen molar-refractivity contribution in [1.82, 2.24) is 25.3 Å². The molecule has 8 nitrogen and oxygen atoms in total. The standard InChI is InChI=1S/C17H24N6O2/c1-12-20-15(21-25-12)14-7-5-9-23(11-14)17(24)19-10-13-6-4-8-18-16(13)22(2)3/h4,6,8,14H,5,7,9-11H2,1-3H3,(H,19,24)/t14-/m0/s1. The van der Waals surface area contributed by atoms with E-state index in [-0.39, 0.29) is 11.9 Å². The highest BCUT2D eigenvalue weighted by Crippen LogP contribution is 2.25. The predicted molar refractivity (Wildman–Crippen MR) is 93.4 cm³/mol. The smallest absolute Gasteiger partial charge is 0.317 e. The van der Waals surface area contributed by atoms with Gasteiger partial charge in [-0.05, 0) is 18.9 Å². The van der Waals surface area contributed by atoms with Crippen molar-refractivity contribution in [3.63, 3.8) is 0 Å². The van der Waals surface area contributed by atoms with E-state index in [9.17, 15) is 4.79 Å². The quantitative estimate of drug-likeness (QED) is 0.912. The molecule has 0 aliphatic carbocycles. The van der Waals surface area contributed by atoms with Gasteiger partial charge in [-0.15, -0.1) is 0 Å². The highest BCUT2D eigenvalue weighted by molar-refractivity contribution is 5.74. The number of anilines is 1. The summed E-state index contributed by atoms with van der Waals surface area (Å²) in [5.41, 5.74) is 0.989. The van der Waals surface area contributed by atoms with Crippen LogP contribution in [0.1, 0.15) is 36.0 Å². The van der Waals surface area contributed by atoms with Gasteiger partial charge in [0.1, 0.15) is 5.82 Å². The molecule has 0 aromatic carbocycles. The van der Waals surface area contributed by atoms with Crippen LogP contribution < -0.4 is 10.2 Å². The fourth-order valence-electron chi connectivity index (χ4n) is 3.11. The zero-order chi connectivity index (χ0) is 17.8. The number of nitrogens with one attached hydrogen (secondary N) is 1. The molecule has 2 aromatic rings. The second-order valence-corrected chi connectivity index (χ2v) is 6.50. The van der Waals surface area contributed by atoms with Crippen LogP contribution in [-0.2, 0) is 6.54 Å². The second kappa shape index (κ2) is 7.50. The normalized spacial score (nSPS) is 17.4. The molecule has 0 spiro atoms. The molecule has 2 amide bonds. The molecule has 0 saturated carbocycles. The lowest BCUT2D eigenvalue weighted by Crippen LogP contribution is -2.45. The van der Waals surface area contributed by atoms with Gasteiger partial charge >= 0.3 is 6.03 Å². The molecule has 0 radical (unpaired) electrons. The van der Waals surface area contributed by atoms with E-state index in [0.717, 1.165) is 30.8 Å². The summed E-state index contributed by atoms with van der Waals surface area (Å²) in [6.45, 7) is 3.58. The molecule has 1 aliphatic heterocycles. The highest BCUT2D eigenvalue weighted by Gasteiger charge is 2.27. The minimum atomic E-state index is -0.0709. The number of pyridine rings is 1. The number of likely N-dealkylation sites (tertiary alicyclic amines) is 1. The lowest BCUT2D eigenvalue weighted by molar-refractivity contribution is 0.177. The Balaban J connectivity index is 1.60. The van der Waals surface area contributed by atoms with Gasteiger partial charge in [-0.25, -0.2) is 9.78 Å². The molecule has 0 unspecified atom stereocenters. The number of hydrogen-bond acceptors (Lipinski definition) is 6. The van der Waals surface area contributed by atoms with E-state index < -0.39 is 0 Å². The maximum Gasteiger partial charge on any atom is 0.317 e. The molecule has 8 heteroatoms. The monoisotopic (exact) mass is 344 g/mol. The fraction of sp³-hybridized carbons (Fsp3) is 0.529. The Labute approximate surface area is 147 Å². The Morgan fingerprint density at radius 3 is 3.04 bits per heavy atom. The predicted octanol–water partition coefficient (Wildman–Crippen LogP) is 1.93.